The Labute approximate surface area is 106 Å². The van der Waals surface area contributed by atoms with E-state index in [0.29, 0.717) is 25.7 Å². The lowest BCUT2D eigenvalue weighted by molar-refractivity contribution is -0.137. The van der Waals surface area contributed by atoms with Crippen LogP contribution in [0, 0.1) is 36.8 Å². The molecule has 4 nitrogen and oxygen atoms in total. The molecule has 0 amide bonds. The summed E-state index contributed by atoms with van der Waals surface area (Å²) in [5, 5.41) is 0. The standard InChI is InChI=1S/C14H14N2O2/c1-15-9-5-3-7-11-8(14(18)13(7)17)4-6-10(16-2)12(9)11/h7-12H,3-6H2. The summed E-state index contributed by atoms with van der Waals surface area (Å²) in [5.41, 5.74) is 0. The minimum atomic E-state index is -0.218. The van der Waals surface area contributed by atoms with E-state index < -0.39 is 0 Å². The quantitative estimate of drug-likeness (QED) is 0.480. The van der Waals surface area contributed by atoms with E-state index in [0.717, 1.165) is 0 Å². The molecule has 92 valence electrons. The molecule has 0 aromatic rings. The van der Waals surface area contributed by atoms with Crippen molar-refractivity contribution in [3.8, 4) is 0 Å². The molecule has 0 spiro atoms. The Bertz CT molecular complexity index is 455. The summed E-state index contributed by atoms with van der Waals surface area (Å²) < 4.78 is 0. The summed E-state index contributed by atoms with van der Waals surface area (Å²) in [5.74, 6) is -0.864. The minimum Gasteiger partial charge on any atom is -0.313 e. The SMILES string of the molecule is [C-]#[N+]C1CCC2C(=O)C(=O)C3CCC([N+]#[C-])C1C23. The normalized spacial score (nSPS) is 46.1. The van der Waals surface area contributed by atoms with Gasteiger partial charge in [-0.05, 0) is 18.8 Å². The Morgan fingerprint density at radius 2 is 1.22 bits per heavy atom. The first-order valence-electron chi connectivity index (χ1n) is 6.50. The number of ketones is 2. The maximum atomic E-state index is 12.0. The Kier molecular flexibility index (Phi) is 2.48. The first-order valence-corrected chi connectivity index (χ1v) is 6.50. The number of rotatable bonds is 0. The van der Waals surface area contributed by atoms with Gasteiger partial charge < -0.3 is 9.69 Å². The van der Waals surface area contributed by atoms with Crippen LogP contribution in [0.2, 0.25) is 0 Å². The third kappa shape index (κ3) is 1.29. The van der Waals surface area contributed by atoms with Crippen molar-refractivity contribution in [2.75, 3.05) is 0 Å². The molecule has 0 radical (unpaired) electrons. The zero-order valence-electron chi connectivity index (χ0n) is 10.0. The molecule has 0 aromatic carbocycles. The van der Waals surface area contributed by atoms with Gasteiger partial charge in [0, 0.05) is 24.7 Å². The molecule has 3 saturated carbocycles. The number of Topliss-reactive ketones (excluding diaryl/α,β-unsaturated/α-hetero) is 2. The smallest absolute Gasteiger partial charge is 0.234 e. The molecule has 0 aromatic heterocycles. The molecule has 3 fully saturated rings. The molecule has 18 heavy (non-hydrogen) atoms. The highest BCUT2D eigenvalue weighted by Gasteiger charge is 2.63. The number of carbonyl (C=O) groups is 2. The topological polar surface area (TPSA) is 42.9 Å². The summed E-state index contributed by atoms with van der Waals surface area (Å²) in [6, 6.07) is -0.321. The van der Waals surface area contributed by atoms with Crippen LogP contribution < -0.4 is 0 Å². The highest BCUT2D eigenvalue weighted by Crippen LogP contribution is 2.53. The van der Waals surface area contributed by atoms with Gasteiger partial charge in [0.1, 0.15) is 5.92 Å². The maximum Gasteiger partial charge on any atom is 0.234 e. The largest absolute Gasteiger partial charge is 0.313 e. The van der Waals surface area contributed by atoms with E-state index in [2.05, 4.69) is 9.69 Å². The van der Waals surface area contributed by atoms with Crippen molar-refractivity contribution < 1.29 is 9.59 Å². The molecule has 3 aliphatic carbocycles. The van der Waals surface area contributed by atoms with E-state index in [4.69, 9.17) is 13.1 Å². The molecule has 4 heteroatoms. The molecule has 4 atom stereocenters. The lowest BCUT2D eigenvalue weighted by atomic mass is 9.61. The molecule has 0 aliphatic heterocycles. The van der Waals surface area contributed by atoms with Crippen LogP contribution in [0.25, 0.3) is 9.69 Å². The van der Waals surface area contributed by atoms with Crippen molar-refractivity contribution in [2.45, 2.75) is 37.8 Å². The molecule has 4 unspecified atom stereocenters. The molecule has 3 rings (SSSR count). The van der Waals surface area contributed by atoms with Gasteiger partial charge in [0.25, 0.3) is 0 Å². The van der Waals surface area contributed by atoms with Crippen molar-refractivity contribution in [2.24, 2.45) is 23.7 Å². The zero-order chi connectivity index (χ0) is 12.9. The fourth-order valence-corrected chi connectivity index (χ4v) is 4.34. The molecule has 0 saturated heterocycles. The Morgan fingerprint density at radius 3 is 1.61 bits per heavy atom. The van der Waals surface area contributed by atoms with Crippen LogP contribution in [-0.4, -0.2) is 23.7 Å². The molecule has 0 N–H and O–H groups in total. The molecular weight excluding hydrogens is 228 g/mol. The third-order valence-corrected chi connectivity index (χ3v) is 5.06. The summed E-state index contributed by atoms with van der Waals surface area (Å²) >= 11 is 0. The average Bonchev–Trinajstić information content (AvgIpc) is 2.66. The molecular formula is C14H14N2O2. The van der Waals surface area contributed by atoms with Gasteiger partial charge in [0.2, 0.25) is 23.7 Å². The number of carbonyl (C=O) groups excluding carboxylic acids is 2. The van der Waals surface area contributed by atoms with Crippen LogP contribution in [0.4, 0.5) is 0 Å². The maximum absolute atomic E-state index is 12.0. The number of hydrogen-bond donors (Lipinski definition) is 0. The van der Waals surface area contributed by atoms with Crippen LogP contribution in [0.3, 0.4) is 0 Å². The molecule has 3 aliphatic rings. The Hall–Kier alpha value is -1.68. The summed E-state index contributed by atoms with van der Waals surface area (Å²) in [7, 11) is 0. The van der Waals surface area contributed by atoms with Gasteiger partial charge in [-0.25, -0.2) is 13.1 Å². The number of hydrogen-bond acceptors (Lipinski definition) is 2. The highest BCUT2D eigenvalue weighted by atomic mass is 16.2. The van der Waals surface area contributed by atoms with E-state index >= 15 is 0 Å². The second kappa shape index (κ2) is 3.92. The van der Waals surface area contributed by atoms with Crippen molar-refractivity contribution in [1.82, 2.24) is 0 Å². The van der Waals surface area contributed by atoms with Crippen molar-refractivity contribution in [3.05, 3.63) is 22.8 Å². The van der Waals surface area contributed by atoms with Gasteiger partial charge in [0.15, 0.2) is 0 Å². The van der Waals surface area contributed by atoms with Crippen LogP contribution in [0.1, 0.15) is 25.7 Å². The Morgan fingerprint density at radius 1 is 0.778 bits per heavy atom. The fraction of sp³-hybridized carbons (Fsp3) is 0.714. The van der Waals surface area contributed by atoms with E-state index in [1.807, 2.05) is 0 Å². The monoisotopic (exact) mass is 242 g/mol. The molecule has 0 heterocycles. The fourth-order valence-electron chi connectivity index (χ4n) is 4.34. The summed E-state index contributed by atoms with van der Waals surface area (Å²) in [6.07, 6.45) is 2.68. The first kappa shape index (κ1) is 11.4. The summed E-state index contributed by atoms with van der Waals surface area (Å²) in [6.45, 7) is 14.6. The van der Waals surface area contributed by atoms with Crippen molar-refractivity contribution in [3.63, 3.8) is 0 Å². The summed E-state index contributed by atoms with van der Waals surface area (Å²) in [4.78, 5) is 31.3. The van der Waals surface area contributed by atoms with E-state index in [1.165, 1.54) is 0 Å². The van der Waals surface area contributed by atoms with Crippen LogP contribution in [0.15, 0.2) is 0 Å². The van der Waals surface area contributed by atoms with Crippen LogP contribution >= 0.6 is 0 Å². The van der Waals surface area contributed by atoms with E-state index in [1.54, 1.807) is 0 Å². The van der Waals surface area contributed by atoms with Crippen molar-refractivity contribution in [1.29, 1.82) is 0 Å². The lowest BCUT2D eigenvalue weighted by Crippen LogP contribution is -2.46. The Balaban J connectivity index is 2.03. The van der Waals surface area contributed by atoms with Crippen molar-refractivity contribution >= 4 is 11.6 Å². The average molecular weight is 242 g/mol. The van der Waals surface area contributed by atoms with E-state index in [-0.39, 0.29) is 47.3 Å². The second-order valence-electron chi connectivity index (χ2n) is 5.64. The predicted octanol–water partition coefficient (Wildman–Crippen LogP) is 1.77. The van der Waals surface area contributed by atoms with Gasteiger partial charge >= 0.3 is 0 Å². The third-order valence-electron chi connectivity index (χ3n) is 5.06. The number of nitrogens with zero attached hydrogens (tertiary/aromatic N) is 2. The second-order valence-corrected chi connectivity index (χ2v) is 5.64. The van der Waals surface area contributed by atoms with Gasteiger partial charge in [-0.3, -0.25) is 9.59 Å². The molecule has 0 bridgehead atoms. The van der Waals surface area contributed by atoms with Gasteiger partial charge in [-0.1, -0.05) is 0 Å². The highest BCUT2D eigenvalue weighted by molar-refractivity contribution is 6.41. The van der Waals surface area contributed by atoms with Crippen LogP contribution in [-0.2, 0) is 9.59 Å². The van der Waals surface area contributed by atoms with Gasteiger partial charge in [-0.15, -0.1) is 0 Å². The van der Waals surface area contributed by atoms with Gasteiger partial charge in [-0.2, -0.15) is 0 Å². The van der Waals surface area contributed by atoms with Gasteiger partial charge in [0.05, 0.1) is 0 Å². The zero-order valence-corrected chi connectivity index (χ0v) is 10.0. The minimum absolute atomic E-state index is 0.00861. The van der Waals surface area contributed by atoms with E-state index in [9.17, 15) is 9.59 Å². The first-order chi connectivity index (χ1) is 8.69. The predicted molar refractivity (Wildman–Crippen MR) is 63.2 cm³/mol. The lowest BCUT2D eigenvalue weighted by Gasteiger charge is -2.39. The van der Waals surface area contributed by atoms with Crippen LogP contribution in [0.5, 0.6) is 0 Å².